The molecule has 0 saturated carbocycles. The van der Waals surface area contributed by atoms with Crippen LogP contribution in [0.4, 0.5) is 0 Å². The van der Waals surface area contributed by atoms with Gasteiger partial charge in [-0.15, -0.1) is 0 Å². The van der Waals surface area contributed by atoms with E-state index in [9.17, 15) is 4.21 Å². The van der Waals surface area contributed by atoms with Gasteiger partial charge in [-0.05, 0) is 0 Å². The van der Waals surface area contributed by atoms with Crippen LogP contribution in [-0.4, -0.2) is 27.9 Å². The van der Waals surface area contributed by atoms with Gasteiger partial charge in [-0.3, -0.25) is 4.55 Å². The quantitative estimate of drug-likeness (QED) is 0.413. The summed E-state index contributed by atoms with van der Waals surface area (Å²) in [7, 11) is 0. The molecule has 4 nitrogen and oxygen atoms in total. The first-order valence-electron chi connectivity index (χ1n) is 2.37. The molecule has 0 amide bonds. The van der Waals surface area contributed by atoms with E-state index in [-0.39, 0.29) is 6.04 Å². The smallest absolute Gasteiger partial charge is 0.232 e. The van der Waals surface area contributed by atoms with Crippen LogP contribution in [0.2, 0.25) is 0 Å². The molecular weight excluding hydrogens is 128 g/mol. The molecule has 1 atom stereocenters. The summed E-state index contributed by atoms with van der Waals surface area (Å²) in [5.41, 5.74) is 0. The zero-order chi connectivity index (χ0) is 5.98. The molecule has 0 radical (unpaired) electrons. The highest BCUT2D eigenvalue weighted by atomic mass is 32.2. The lowest BCUT2D eigenvalue weighted by molar-refractivity contribution is 0.405. The van der Waals surface area contributed by atoms with Gasteiger partial charge in [-0.2, -0.15) is 0 Å². The molecule has 48 valence electrons. The first-order chi connectivity index (χ1) is 3.79. The maximum atomic E-state index is 9.97. The fourth-order valence-corrected chi connectivity index (χ4v) is 0.966. The highest BCUT2D eigenvalue weighted by Gasteiger charge is 2.16. The van der Waals surface area contributed by atoms with Crippen molar-refractivity contribution in [3.05, 3.63) is 0 Å². The van der Waals surface area contributed by atoms with Crippen LogP contribution in [0.15, 0.2) is 0 Å². The van der Waals surface area contributed by atoms with Crippen LogP contribution in [0.1, 0.15) is 0 Å². The lowest BCUT2D eigenvalue weighted by atomic mass is 10.2. The Labute approximate surface area is 50.1 Å². The van der Waals surface area contributed by atoms with Crippen molar-refractivity contribution in [1.29, 1.82) is 0 Å². The molecule has 1 fully saturated rings. The Kier molecular flexibility index (Phi) is 1.95. The lowest BCUT2D eigenvalue weighted by Gasteiger charge is -2.25. The third-order valence-electron chi connectivity index (χ3n) is 1.05. The Morgan fingerprint density at radius 3 is 2.50 bits per heavy atom. The molecule has 3 N–H and O–H groups in total. The average Bonchev–Trinajstić information content (AvgIpc) is 1.55. The van der Waals surface area contributed by atoms with Gasteiger partial charge in [-0.25, -0.2) is 8.93 Å². The second kappa shape index (κ2) is 2.54. The molecular formula is C3H8N2O2S. The molecule has 8 heavy (non-hydrogen) atoms. The van der Waals surface area contributed by atoms with E-state index in [1.165, 1.54) is 0 Å². The molecule has 0 bridgehead atoms. The van der Waals surface area contributed by atoms with Crippen LogP contribution < -0.4 is 10.0 Å². The monoisotopic (exact) mass is 136 g/mol. The van der Waals surface area contributed by atoms with Crippen molar-refractivity contribution in [2.24, 2.45) is 0 Å². The fourth-order valence-electron chi connectivity index (χ4n) is 0.515. The average molecular weight is 136 g/mol. The summed E-state index contributed by atoms with van der Waals surface area (Å²) in [5.74, 6) is 0. The molecule has 1 unspecified atom stereocenters. The van der Waals surface area contributed by atoms with Crippen molar-refractivity contribution in [3.63, 3.8) is 0 Å². The van der Waals surface area contributed by atoms with Crippen LogP contribution in [0.25, 0.3) is 0 Å². The molecule has 0 aliphatic carbocycles. The second-order valence-electron chi connectivity index (χ2n) is 1.72. The van der Waals surface area contributed by atoms with Crippen LogP contribution in [0.3, 0.4) is 0 Å². The van der Waals surface area contributed by atoms with Crippen LogP contribution in [0.5, 0.6) is 0 Å². The van der Waals surface area contributed by atoms with Gasteiger partial charge in [0.15, 0.2) is 0 Å². The van der Waals surface area contributed by atoms with E-state index in [1.807, 2.05) is 0 Å². The summed E-state index contributed by atoms with van der Waals surface area (Å²) in [5, 5.41) is 2.96. The van der Waals surface area contributed by atoms with E-state index in [4.69, 9.17) is 4.55 Å². The summed E-state index contributed by atoms with van der Waals surface area (Å²) < 4.78 is 20.6. The summed E-state index contributed by atoms with van der Waals surface area (Å²) in [6.45, 7) is 1.60. The molecule has 1 aliphatic rings. The van der Waals surface area contributed by atoms with Gasteiger partial charge in [-0.1, -0.05) is 0 Å². The normalized spacial score (nSPS) is 24.6. The number of rotatable bonds is 2. The predicted octanol–water partition coefficient (Wildman–Crippen LogP) is -1.32. The molecule has 0 spiro atoms. The minimum atomic E-state index is -1.83. The Hall–Kier alpha value is 0.0300. The van der Waals surface area contributed by atoms with Gasteiger partial charge < -0.3 is 5.32 Å². The van der Waals surface area contributed by atoms with Crippen molar-refractivity contribution in [1.82, 2.24) is 10.0 Å². The summed E-state index contributed by atoms with van der Waals surface area (Å²) in [4.78, 5) is 0. The van der Waals surface area contributed by atoms with Gasteiger partial charge in [0.2, 0.25) is 11.3 Å². The molecule has 0 aromatic carbocycles. The maximum Gasteiger partial charge on any atom is 0.232 e. The summed E-state index contributed by atoms with van der Waals surface area (Å²) >= 11 is -1.83. The van der Waals surface area contributed by atoms with E-state index in [0.29, 0.717) is 0 Å². The van der Waals surface area contributed by atoms with E-state index >= 15 is 0 Å². The number of hydrogen-bond donors (Lipinski definition) is 3. The highest BCUT2D eigenvalue weighted by Crippen LogP contribution is 1.89. The van der Waals surface area contributed by atoms with Crippen molar-refractivity contribution >= 4 is 11.3 Å². The van der Waals surface area contributed by atoms with Gasteiger partial charge in [0.05, 0.1) is 0 Å². The largest absolute Gasteiger partial charge is 0.313 e. The zero-order valence-corrected chi connectivity index (χ0v) is 5.07. The van der Waals surface area contributed by atoms with Gasteiger partial charge in [0.1, 0.15) is 0 Å². The predicted molar refractivity (Wildman–Crippen MR) is 30.6 cm³/mol. The third kappa shape index (κ3) is 1.52. The SMILES string of the molecule is O=S(O)NC1CNC1. The minimum Gasteiger partial charge on any atom is -0.313 e. The Bertz CT molecular complexity index is 103. The van der Waals surface area contributed by atoms with E-state index < -0.39 is 11.3 Å². The van der Waals surface area contributed by atoms with Crippen molar-refractivity contribution in [2.75, 3.05) is 13.1 Å². The van der Waals surface area contributed by atoms with Crippen molar-refractivity contribution in [3.8, 4) is 0 Å². The minimum absolute atomic E-state index is 0.195. The molecule has 5 heteroatoms. The van der Waals surface area contributed by atoms with Crippen LogP contribution >= 0.6 is 0 Å². The van der Waals surface area contributed by atoms with Crippen LogP contribution in [0, 0.1) is 0 Å². The first-order valence-corrected chi connectivity index (χ1v) is 3.47. The topological polar surface area (TPSA) is 61.4 Å². The molecule has 1 rings (SSSR count). The Balaban J connectivity index is 2.09. The number of nitrogens with one attached hydrogen (secondary N) is 2. The second-order valence-corrected chi connectivity index (χ2v) is 2.46. The number of hydrogen-bond acceptors (Lipinski definition) is 2. The molecule has 1 heterocycles. The Morgan fingerprint density at radius 2 is 2.38 bits per heavy atom. The zero-order valence-electron chi connectivity index (χ0n) is 4.26. The van der Waals surface area contributed by atoms with Crippen molar-refractivity contribution in [2.45, 2.75) is 6.04 Å². The third-order valence-corrected chi connectivity index (χ3v) is 1.58. The van der Waals surface area contributed by atoms with Crippen molar-refractivity contribution < 1.29 is 8.76 Å². The molecule has 1 aliphatic heterocycles. The maximum absolute atomic E-state index is 9.97. The van der Waals surface area contributed by atoms with E-state index in [0.717, 1.165) is 13.1 Å². The van der Waals surface area contributed by atoms with Crippen LogP contribution in [-0.2, 0) is 11.3 Å². The molecule has 0 aromatic rings. The van der Waals surface area contributed by atoms with E-state index in [1.54, 1.807) is 0 Å². The highest BCUT2D eigenvalue weighted by molar-refractivity contribution is 7.77. The first kappa shape index (κ1) is 6.15. The van der Waals surface area contributed by atoms with Gasteiger partial charge >= 0.3 is 0 Å². The summed E-state index contributed by atoms with van der Waals surface area (Å²) in [6.07, 6.45) is 0. The Morgan fingerprint density at radius 1 is 1.75 bits per heavy atom. The lowest BCUT2D eigenvalue weighted by Crippen LogP contribution is -2.55. The van der Waals surface area contributed by atoms with E-state index in [2.05, 4.69) is 10.0 Å². The molecule has 0 aromatic heterocycles. The van der Waals surface area contributed by atoms with Gasteiger partial charge in [0, 0.05) is 19.1 Å². The van der Waals surface area contributed by atoms with Gasteiger partial charge in [0.25, 0.3) is 0 Å². The molecule has 1 saturated heterocycles. The standard InChI is InChI=1S/C3H8N2O2S/c6-8(7)5-3-1-4-2-3/h3-5H,1-2H2,(H,6,7). The fraction of sp³-hybridized carbons (Fsp3) is 1.00. The summed E-state index contributed by atoms with van der Waals surface area (Å²) in [6, 6.07) is 0.195.